The highest BCUT2D eigenvalue weighted by Gasteiger charge is 2.07. The third-order valence-electron chi connectivity index (χ3n) is 3.39. The minimum atomic E-state index is -0.579. The maximum absolute atomic E-state index is 11.9. The number of hydrogen-bond donors (Lipinski definition) is 0. The first-order valence-corrected chi connectivity index (χ1v) is 7.83. The van der Waals surface area contributed by atoms with Crippen molar-refractivity contribution in [2.45, 2.75) is 0 Å². The van der Waals surface area contributed by atoms with Crippen molar-refractivity contribution in [3.05, 3.63) is 59.7 Å². The van der Waals surface area contributed by atoms with Crippen LogP contribution in [0.2, 0.25) is 0 Å². The molecule has 7 heteroatoms. The molecule has 0 amide bonds. The fourth-order valence-electron chi connectivity index (χ4n) is 2.11. The van der Waals surface area contributed by atoms with Crippen molar-refractivity contribution in [2.24, 2.45) is 0 Å². The summed E-state index contributed by atoms with van der Waals surface area (Å²) < 4.78 is 20.2. The molecule has 0 aromatic heterocycles. The number of rotatable bonds is 7. The molecule has 0 heterocycles. The summed E-state index contributed by atoms with van der Waals surface area (Å²) in [6.07, 6.45) is 2.82. The maximum Gasteiger partial charge on any atom is 0.337 e. The normalized spacial score (nSPS) is 10.1. The van der Waals surface area contributed by atoms with Gasteiger partial charge in [0, 0.05) is 6.08 Å². The predicted molar refractivity (Wildman–Crippen MR) is 96.6 cm³/mol. The monoisotopic (exact) mass is 367 g/mol. The van der Waals surface area contributed by atoms with Gasteiger partial charge >= 0.3 is 11.9 Å². The molecule has 0 fully saturated rings. The highest BCUT2D eigenvalue weighted by atomic mass is 16.5. The van der Waals surface area contributed by atoms with Gasteiger partial charge in [-0.15, -0.1) is 0 Å². The molecule has 138 valence electrons. The molecular formula is C20H17NO6. The van der Waals surface area contributed by atoms with Gasteiger partial charge in [0.05, 0.1) is 19.8 Å². The second-order valence-electron chi connectivity index (χ2n) is 5.13. The average molecular weight is 367 g/mol. The van der Waals surface area contributed by atoms with E-state index in [2.05, 4.69) is 4.74 Å². The third kappa shape index (κ3) is 5.61. The lowest BCUT2D eigenvalue weighted by Crippen LogP contribution is -2.05. The van der Waals surface area contributed by atoms with E-state index in [0.29, 0.717) is 28.4 Å². The molecule has 27 heavy (non-hydrogen) atoms. The van der Waals surface area contributed by atoms with Crippen LogP contribution in [0.4, 0.5) is 0 Å². The average Bonchev–Trinajstić information content (AvgIpc) is 2.70. The summed E-state index contributed by atoms with van der Waals surface area (Å²) >= 11 is 0. The second kappa shape index (κ2) is 9.63. The highest BCUT2D eigenvalue weighted by molar-refractivity contribution is 5.90. The lowest BCUT2D eigenvalue weighted by Gasteiger charge is -2.08. The Labute approximate surface area is 156 Å². The molecule has 2 aromatic rings. The van der Waals surface area contributed by atoms with Crippen LogP contribution in [0.15, 0.2) is 48.5 Å². The topological polar surface area (TPSA) is 94.9 Å². The van der Waals surface area contributed by atoms with Gasteiger partial charge in [-0.1, -0.05) is 6.07 Å². The van der Waals surface area contributed by atoms with Gasteiger partial charge < -0.3 is 18.9 Å². The quantitative estimate of drug-likeness (QED) is 0.422. The molecule has 0 aliphatic rings. The number of methoxy groups -OCH3 is 2. The highest BCUT2D eigenvalue weighted by Crippen LogP contribution is 2.28. The van der Waals surface area contributed by atoms with E-state index in [1.807, 2.05) is 6.07 Å². The lowest BCUT2D eigenvalue weighted by molar-refractivity contribution is -0.128. The van der Waals surface area contributed by atoms with Crippen molar-refractivity contribution in [1.29, 1.82) is 5.26 Å². The van der Waals surface area contributed by atoms with Crippen LogP contribution >= 0.6 is 0 Å². The number of benzene rings is 2. The van der Waals surface area contributed by atoms with Crippen molar-refractivity contribution in [3.8, 4) is 23.3 Å². The van der Waals surface area contributed by atoms with Crippen LogP contribution < -0.4 is 14.2 Å². The Morgan fingerprint density at radius 3 is 2.44 bits per heavy atom. The Bertz CT molecular complexity index is 880. The van der Waals surface area contributed by atoms with Crippen molar-refractivity contribution in [1.82, 2.24) is 0 Å². The first-order chi connectivity index (χ1) is 13.1. The SMILES string of the molecule is COC(=O)c1ccc(OC(=O)C=Cc2ccc(OCC#N)c(OC)c2)cc1. The molecule has 0 unspecified atom stereocenters. The first kappa shape index (κ1) is 19.5. The molecule has 0 aliphatic carbocycles. The van der Waals surface area contributed by atoms with Crippen LogP contribution in [0.3, 0.4) is 0 Å². The van der Waals surface area contributed by atoms with Crippen molar-refractivity contribution in [3.63, 3.8) is 0 Å². The summed E-state index contributed by atoms with van der Waals surface area (Å²) in [6.45, 7) is -0.0906. The lowest BCUT2D eigenvalue weighted by atomic mass is 10.2. The van der Waals surface area contributed by atoms with Gasteiger partial charge in [-0.25, -0.2) is 9.59 Å². The van der Waals surface area contributed by atoms with E-state index >= 15 is 0 Å². The van der Waals surface area contributed by atoms with E-state index in [1.54, 1.807) is 24.3 Å². The molecule has 7 nitrogen and oxygen atoms in total. The largest absolute Gasteiger partial charge is 0.493 e. The fraction of sp³-hybridized carbons (Fsp3) is 0.150. The van der Waals surface area contributed by atoms with Gasteiger partial charge in [0.25, 0.3) is 0 Å². The Morgan fingerprint density at radius 1 is 1.07 bits per heavy atom. The molecule has 0 bridgehead atoms. The number of ether oxygens (including phenoxy) is 4. The molecule has 0 atom stereocenters. The number of carbonyl (C=O) groups is 2. The van der Waals surface area contributed by atoms with Crippen molar-refractivity contribution < 1.29 is 28.5 Å². The zero-order valence-electron chi connectivity index (χ0n) is 14.8. The zero-order valence-corrected chi connectivity index (χ0v) is 14.8. The van der Waals surface area contributed by atoms with E-state index in [-0.39, 0.29) is 6.61 Å². The molecular weight excluding hydrogens is 350 g/mol. The van der Waals surface area contributed by atoms with Gasteiger partial charge in [0.2, 0.25) is 0 Å². The molecule has 2 aromatic carbocycles. The minimum Gasteiger partial charge on any atom is -0.493 e. The molecule has 0 N–H and O–H groups in total. The number of nitrogens with zero attached hydrogens (tertiary/aromatic N) is 1. The summed E-state index contributed by atoms with van der Waals surface area (Å²) in [5.74, 6) is 0.132. The Hall–Kier alpha value is -3.79. The third-order valence-corrected chi connectivity index (χ3v) is 3.39. The van der Waals surface area contributed by atoms with Crippen molar-refractivity contribution >= 4 is 18.0 Å². The number of carbonyl (C=O) groups excluding carboxylic acids is 2. The standard InChI is InChI=1S/C20H17NO6/c1-24-18-13-14(3-9-17(18)26-12-11-21)4-10-19(22)27-16-7-5-15(6-8-16)20(23)25-2/h3-10,13H,12H2,1-2H3. The number of hydrogen-bond acceptors (Lipinski definition) is 7. The first-order valence-electron chi connectivity index (χ1n) is 7.83. The molecule has 0 saturated heterocycles. The fourth-order valence-corrected chi connectivity index (χ4v) is 2.11. The van der Waals surface area contributed by atoms with E-state index < -0.39 is 11.9 Å². The second-order valence-corrected chi connectivity index (χ2v) is 5.13. The van der Waals surface area contributed by atoms with Crippen LogP contribution in [0.25, 0.3) is 6.08 Å². The number of nitriles is 1. The zero-order chi connectivity index (χ0) is 19.6. The van der Waals surface area contributed by atoms with Gasteiger partial charge in [-0.3, -0.25) is 0 Å². The van der Waals surface area contributed by atoms with Gasteiger partial charge in [0.15, 0.2) is 18.1 Å². The van der Waals surface area contributed by atoms with Crippen LogP contribution in [-0.2, 0) is 9.53 Å². The predicted octanol–water partition coefficient (Wildman–Crippen LogP) is 3.00. The number of esters is 2. The summed E-state index contributed by atoms with van der Waals surface area (Å²) in [6, 6.07) is 12.9. The van der Waals surface area contributed by atoms with Gasteiger partial charge in [-0.2, -0.15) is 5.26 Å². The molecule has 0 spiro atoms. The summed E-state index contributed by atoms with van der Waals surface area (Å²) in [5.41, 5.74) is 1.05. The van der Waals surface area contributed by atoms with E-state index in [1.165, 1.54) is 44.6 Å². The molecule has 0 aliphatic heterocycles. The van der Waals surface area contributed by atoms with E-state index in [9.17, 15) is 9.59 Å². The summed E-state index contributed by atoms with van der Waals surface area (Å²) in [4.78, 5) is 23.3. The van der Waals surface area contributed by atoms with Crippen LogP contribution in [0.5, 0.6) is 17.2 Å². The smallest absolute Gasteiger partial charge is 0.337 e. The Kier molecular flexibility index (Phi) is 6.97. The Morgan fingerprint density at radius 2 is 1.81 bits per heavy atom. The van der Waals surface area contributed by atoms with E-state index in [0.717, 1.165) is 0 Å². The minimum absolute atomic E-state index is 0.0906. The summed E-state index contributed by atoms with van der Waals surface area (Å²) in [5, 5.41) is 8.57. The van der Waals surface area contributed by atoms with E-state index in [4.69, 9.17) is 19.5 Å². The Balaban J connectivity index is 2.01. The van der Waals surface area contributed by atoms with Crippen LogP contribution in [0, 0.1) is 11.3 Å². The van der Waals surface area contributed by atoms with Crippen LogP contribution in [0.1, 0.15) is 15.9 Å². The van der Waals surface area contributed by atoms with Gasteiger partial charge in [-0.05, 0) is 48.0 Å². The van der Waals surface area contributed by atoms with Crippen LogP contribution in [-0.4, -0.2) is 32.8 Å². The van der Waals surface area contributed by atoms with Crippen molar-refractivity contribution in [2.75, 3.05) is 20.8 Å². The molecule has 2 rings (SSSR count). The summed E-state index contributed by atoms with van der Waals surface area (Å²) in [7, 11) is 2.77. The van der Waals surface area contributed by atoms with Gasteiger partial charge in [0.1, 0.15) is 11.8 Å². The maximum atomic E-state index is 11.9. The molecule has 0 radical (unpaired) electrons. The molecule has 0 saturated carbocycles.